The molecular weight excluding hydrogens is 404 g/mol. The number of piperazine rings is 1. The normalized spacial score (nSPS) is 22.4. The van der Waals surface area contributed by atoms with Gasteiger partial charge >= 0.3 is 6.09 Å². The first-order chi connectivity index (χ1) is 15.5. The predicted octanol–water partition coefficient (Wildman–Crippen LogP) is 3.05. The van der Waals surface area contributed by atoms with Crippen molar-refractivity contribution in [2.24, 2.45) is 0 Å². The number of nitrogens with zero attached hydrogens (tertiary/aromatic N) is 6. The Morgan fingerprint density at radius 3 is 2.31 bits per heavy atom. The Morgan fingerprint density at radius 2 is 1.72 bits per heavy atom. The summed E-state index contributed by atoms with van der Waals surface area (Å²) in [5, 5.41) is 8.95. The van der Waals surface area contributed by atoms with Crippen molar-refractivity contribution in [3.8, 4) is 6.07 Å². The van der Waals surface area contributed by atoms with Crippen molar-refractivity contribution in [1.82, 2.24) is 19.8 Å². The molecule has 2 atom stereocenters. The molecule has 2 aromatic rings. The number of benzene rings is 1. The average Bonchev–Trinajstić information content (AvgIpc) is 2.81. The number of ether oxygens (including phenoxy) is 1. The fraction of sp³-hybridized carbons (Fsp3) is 0.500. The van der Waals surface area contributed by atoms with Crippen molar-refractivity contribution in [3.05, 3.63) is 53.9 Å². The summed E-state index contributed by atoms with van der Waals surface area (Å²) in [6.07, 6.45) is 4.54. The van der Waals surface area contributed by atoms with Crippen molar-refractivity contribution < 1.29 is 9.53 Å². The van der Waals surface area contributed by atoms with Gasteiger partial charge in [0.2, 0.25) is 5.95 Å². The lowest BCUT2D eigenvalue weighted by Crippen LogP contribution is -2.59. The molecule has 0 spiro atoms. The zero-order chi connectivity index (χ0) is 22.5. The van der Waals surface area contributed by atoms with Crippen LogP contribution in [0.25, 0.3) is 0 Å². The molecule has 1 amide bonds. The summed E-state index contributed by atoms with van der Waals surface area (Å²) in [6, 6.07) is 12.6. The number of nitriles is 1. The van der Waals surface area contributed by atoms with Crippen LogP contribution in [0.15, 0.2) is 42.7 Å². The Bertz CT molecular complexity index is 925. The highest BCUT2D eigenvalue weighted by molar-refractivity contribution is 5.68. The van der Waals surface area contributed by atoms with Gasteiger partial charge < -0.3 is 14.5 Å². The van der Waals surface area contributed by atoms with Crippen LogP contribution in [0.3, 0.4) is 0 Å². The van der Waals surface area contributed by atoms with E-state index in [1.54, 1.807) is 4.90 Å². The molecule has 0 N–H and O–H groups in total. The van der Waals surface area contributed by atoms with E-state index in [9.17, 15) is 4.79 Å². The van der Waals surface area contributed by atoms with E-state index in [4.69, 9.17) is 10.00 Å². The number of rotatable bonds is 4. The fourth-order valence-electron chi connectivity index (χ4n) is 4.62. The Kier molecular flexibility index (Phi) is 6.86. The minimum absolute atomic E-state index is 0.0278. The molecule has 3 heterocycles. The zero-order valence-electron chi connectivity index (χ0n) is 18.7. The molecule has 32 heavy (non-hydrogen) atoms. The third-order valence-corrected chi connectivity index (χ3v) is 6.23. The van der Waals surface area contributed by atoms with Gasteiger partial charge in [-0.25, -0.2) is 14.8 Å². The number of aromatic nitrogens is 2. The van der Waals surface area contributed by atoms with Gasteiger partial charge in [0.05, 0.1) is 18.0 Å². The largest absolute Gasteiger partial charge is 0.446 e. The second-order valence-electron chi connectivity index (χ2n) is 8.74. The Hall–Kier alpha value is -3.18. The number of hydrogen-bond donors (Lipinski definition) is 0. The topological polar surface area (TPSA) is 85.6 Å². The summed E-state index contributed by atoms with van der Waals surface area (Å²) in [4.78, 5) is 27.8. The van der Waals surface area contributed by atoms with Gasteiger partial charge in [0.1, 0.15) is 12.2 Å². The highest BCUT2D eigenvalue weighted by Crippen LogP contribution is 2.23. The first kappa shape index (κ1) is 22.0. The quantitative estimate of drug-likeness (QED) is 0.731. The first-order valence-corrected chi connectivity index (χ1v) is 11.3. The molecule has 0 bridgehead atoms. The number of piperidine rings is 1. The van der Waals surface area contributed by atoms with Gasteiger partial charge in [-0.05, 0) is 32.3 Å². The zero-order valence-corrected chi connectivity index (χ0v) is 18.7. The smallest absolute Gasteiger partial charge is 0.410 e. The van der Waals surface area contributed by atoms with Crippen LogP contribution in [0.1, 0.15) is 37.8 Å². The standard InChI is InChI=1S/C24H30N6O2/c1-18-15-29(16-19(2)30(18)23-26-13-21(12-25)14-27-23)24(31)32-22-8-10-28(11-9-22)17-20-6-4-3-5-7-20/h3-7,13-14,18-19,22H,8-11,15-17H2,1-2H3/t18-,19-/m0/s1. The maximum Gasteiger partial charge on any atom is 0.410 e. The van der Waals surface area contributed by atoms with Crippen molar-refractivity contribution in [2.45, 2.75) is 51.4 Å². The maximum atomic E-state index is 12.9. The molecule has 0 aliphatic carbocycles. The van der Waals surface area contributed by atoms with Gasteiger partial charge in [0.15, 0.2) is 0 Å². The van der Waals surface area contributed by atoms with Crippen LogP contribution in [-0.2, 0) is 11.3 Å². The fourth-order valence-corrected chi connectivity index (χ4v) is 4.62. The van der Waals surface area contributed by atoms with E-state index in [2.05, 4.69) is 57.9 Å². The molecular formula is C24H30N6O2. The monoisotopic (exact) mass is 434 g/mol. The Labute approximate surface area is 189 Å². The van der Waals surface area contributed by atoms with Gasteiger partial charge in [0, 0.05) is 44.8 Å². The van der Waals surface area contributed by atoms with Crippen molar-refractivity contribution in [1.29, 1.82) is 5.26 Å². The lowest BCUT2D eigenvalue weighted by molar-refractivity contribution is 0.0220. The molecule has 2 saturated heterocycles. The first-order valence-electron chi connectivity index (χ1n) is 11.3. The van der Waals surface area contributed by atoms with E-state index >= 15 is 0 Å². The van der Waals surface area contributed by atoms with Gasteiger partial charge in [-0.15, -0.1) is 0 Å². The second-order valence-corrected chi connectivity index (χ2v) is 8.74. The van der Waals surface area contributed by atoms with Crippen LogP contribution in [0, 0.1) is 11.3 Å². The molecule has 0 unspecified atom stereocenters. The lowest BCUT2D eigenvalue weighted by atomic mass is 10.1. The van der Waals surface area contributed by atoms with E-state index in [1.165, 1.54) is 18.0 Å². The van der Waals surface area contributed by atoms with Crippen molar-refractivity contribution >= 4 is 12.0 Å². The minimum atomic E-state index is -0.231. The number of carbonyl (C=O) groups is 1. The second kappa shape index (κ2) is 9.96. The van der Waals surface area contributed by atoms with E-state index in [-0.39, 0.29) is 24.3 Å². The molecule has 0 saturated carbocycles. The molecule has 1 aromatic heterocycles. The summed E-state index contributed by atoms with van der Waals surface area (Å²) >= 11 is 0. The van der Waals surface area contributed by atoms with E-state index in [0.717, 1.165) is 32.5 Å². The minimum Gasteiger partial charge on any atom is -0.446 e. The third-order valence-electron chi connectivity index (χ3n) is 6.23. The average molecular weight is 435 g/mol. The molecule has 168 valence electrons. The van der Waals surface area contributed by atoms with Gasteiger partial charge in [-0.2, -0.15) is 5.26 Å². The molecule has 2 aliphatic rings. The maximum absolute atomic E-state index is 12.9. The van der Waals surface area contributed by atoms with Crippen LogP contribution >= 0.6 is 0 Å². The van der Waals surface area contributed by atoms with Crippen molar-refractivity contribution in [2.75, 3.05) is 31.1 Å². The van der Waals surface area contributed by atoms with Crippen LogP contribution in [0.4, 0.5) is 10.7 Å². The molecule has 8 nitrogen and oxygen atoms in total. The molecule has 8 heteroatoms. The van der Waals surface area contributed by atoms with Crippen LogP contribution < -0.4 is 4.90 Å². The summed E-state index contributed by atoms with van der Waals surface area (Å²) in [5.41, 5.74) is 1.75. The summed E-state index contributed by atoms with van der Waals surface area (Å²) in [5.74, 6) is 0.586. The van der Waals surface area contributed by atoms with Gasteiger partial charge in [-0.3, -0.25) is 4.90 Å². The summed E-state index contributed by atoms with van der Waals surface area (Å²) in [6.45, 7) is 8.03. The summed E-state index contributed by atoms with van der Waals surface area (Å²) in [7, 11) is 0. The molecule has 1 aromatic carbocycles. The molecule has 2 fully saturated rings. The van der Waals surface area contributed by atoms with Crippen LogP contribution in [0.5, 0.6) is 0 Å². The molecule has 0 radical (unpaired) electrons. The van der Waals surface area contributed by atoms with Crippen LogP contribution in [0.2, 0.25) is 0 Å². The number of carbonyl (C=O) groups excluding carboxylic acids is 1. The van der Waals surface area contributed by atoms with Crippen LogP contribution in [-0.4, -0.2) is 70.2 Å². The van der Waals surface area contributed by atoms with Gasteiger partial charge in [-0.1, -0.05) is 30.3 Å². The number of hydrogen-bond acceptors (Lipinski definition) is 7. The number of likely N-dealkylation sites (tertiary alicyclic amines) is 1. The third kappa shape index (κ3) is 5.17. The lowest BCUT2D eigenvalue weighted by Gasteiger charge is -2.44. The van der Waals surface area contributed by atoms with Crippen molar-refractivity contribution in [3.63, 3.8) is 0 Å². The molecule has 2 aliphatic heterocycles. The number of amides is 1. The summed E-state index contributed by atoms with van der Waals surface area (Å²) < 4.78 is 5.87. The highest BCUT2D eigenvalue weighted by Gasteiger charge is 2.35. The highest BCUT2D eigenvalue weighted by atomic mass is 16.6. The molecule has 4 rings (SSSR count). The van der Waals surface area contributed by atoms with E-state index < -0.39 is 0 Å². The predicted molar refractivity (Wildman–Crippen MR) is 121 cm³/mol. The Morgan fingerprint density at radius 1 is 1.09 bits per heavy atom. The van der Waals surface area contributed by atoms with E-state index in [1.807, 2.05) is 12.1 Å². The van der Waals surface area contributed by atoms with E-state index in [0.29, 0.717) is 24.6 Å². The van der Waals surface area contributed by atoms with Gasteiger partial charge in [0.25, 0.3) is 0 Å². The number of anilines is 1. The Balaban J connectivity index is 1.27. The SMILES string of the molecule is C[C@H]1CN(C(=O)OC2CCN(Cc3ccccc3)CC2)C[C@H](C)N1c1ncc(C#N)cn1.